The van der Waals surface area contributed by atoms with Crippen molar-refractivity contribution >= 4 is 21.6 Å². The van der Waals surface area contributed by atoms with Crippen molar-refractivity contribution in [3.05, 3.63) is 54.1 Å². The van der Waals surface area contributed by atoms with E-state index in [1.807, 2.05) is 0 Å². The summed E-state index contributed by atoms with van der Waals surface area (Å²) >= 11 is 0. The van der Waals surface area contributed by atoms with E-state index in [0.29, 0.717) is 22.9 Å². The summed E-state index contributed by atoms with van der Waals surface area (Å²) in [5, 5.41) is 3.13. The minimum absolute atomic E-state index is 0.124. The summed E-state index contributed by atoms with van der Waals surface area (Å²) in [6.07, 6.45) is 5.12. The molecule has 4 rings (SSSR count). The maximum atomic E-state index is 13.1. The van der Waals surface area contributed by atoms with E-state index in [0.717, 1.165) is 11.8 Å². The number of carbonyl (C=O) groups excluding carboxylic acids is 1. The van der Waals surface area contributed by atoms with Gasteiger partial charge in [-0.3, -0.25) is 9.10 Å². The fraction of sp³-hybridized carbons (Fsp3) is 0.458. The van der Waals surface area contributed by atoms with E-state index in [1.54, 1.807) is 36.4 Å². The first-order valence-electron chi connectivity index (χ1n) is 10.8. The lowest BCUT2D eigenvalue weighted by atomic mass is 9.84. The van der Waals surface area contributed by atoms with Gasteiger partial charge >= 0.3 is 0 Å². The fourth-order valence-corrected chi connectivity index (χ4v) is 6.47. The Hall–Kier alpha value is -2.54. The summed E-state index contributed by atoms with van der Waals surface area (Å²) in [5.41, 5.74) is 0.917. The number of carbonyl (C=O) groups is 1. The molecule has 31 heavy (non-hydrogen) atoms. The number of hydrogen-bond acceptors (Lipinski definition) is 4. The van der Waals surface area contributed by atoms with E-state index in [4.69, 9.17) is 4.74 Å². The highest BCUT2D eigenvalue weighted by atomic mass is 32.2. The van der Waals surface area contributed by atoms with Gasteiger partial charge in [0.15, 0.2) is 0 Å². The van der Waals surface area contributed by atoms with Crippen LogP contribution >= 0.6 is 0 Å². The number of hydrogen-bond donors (Lipinski definition) is 1. The van der Waals surface area contributed by atoms with Gasteiger partial charge in [-0.2, -0.15) is 0 Å². The number of amides is 1. The second-order valence-electron chi connectivity index (χ2n) is 8.77. The summed E-state index contributed by atoms with van der Waals surface area (Å²) in [6, 6.07) is 13.2. The van der Waals surface area contributed by atoms with Crippen LogP contribution in [0.15, 0.2) is 53.4 Å². The average molecular weight is 443 g/mol. The van der Waals surface area contributed by atoms with Crippen LogP contribution in [0, 0.1) is 17.8 Å². The van der Waals surface area contributed by atoms with Gasteiger partial charge in [0.2, 0.25) is 0 Å². The quantitative estimate of drug-likeness (QED) is 0.701. The first-order chi connectivity index (χ1) is 14.8. The number of fused-ring (bicyclic) bond motifs is 2. The predicted molar refractivity (Wildman–Crippen MR) is 121 cm³/mol. The van der Waals surface area contributed by atoms with Crippen molar-refractivity contribution in [3.8, 4) is 5.75 Å². The molecule has 166 valence electrons. The number of rotatable bonds is 7. The predicted octanol–water partition coefficient (Wildman–Crippen LogP) is 4.07. The summed E-state index contributed by atoms with van der Waals surface area (Å²) in [4.78, 5) is 12.9. The highest BCUT2D eigenvalue weighted by Gasteiger charge is 2.42. The van der Waals surface area contributed by atoms with Crippen LogP contribution in [0.5, 0.6) is 5.75 Å². The Bertz CT molecular complexity index is 1050. The first kappa shape index (κ1) is 21.7. The van der Waals surface area contributed by atoms with Crippen molar-refractivity contribution in [1.82, 2.24) is 5.32 Å². The molecule has 2 aliphatic carbocycles. The molecule has 2 fully saturated rings. The molecular weight excluding hydrogens is 412 g/mol. The summed E-state index contributed by atoms with van der Waals surface area (Å²) in [7, 11) is -0.792. The molecule has 0 radical (unpaired) electrons. The molecule has 1 amide bonds. The minimum atomic E-state index is -3.79. The molecule has 1 N–H and O–H groups in total. The van der Waals surface area contributed by atoms with Crippen LogP contribution in [0.1, 0.15) is 43.0 Å². The van der Waals surface area contributed by atoms with Crippen LogP contribution in [-0.4, -0.2) is 34.5 Å². The number of ether oxygens (including phenoxy) is 1. The standard InChI is InChI=1S/C24H30N2O4S/c1-16(21-15-17-8-9-19(21)14-17)25-24(27)18-10-12-20(13-11-18)31(28,29)26(2)22-6-4-5-7-23(22)30-3/h4-7,10-13,16-17,19,21H,8-9,14-15H2,1-3H3,(H,25,27)/t16-,17+,19-,21+/m0/s1. The molecule has 2 aromatic carbocycles. The van der Waals surface area contributed by atoms with E-state index in [-0.39, 0.29) is 16.8 Å². The molecule has 7 heteroatoms. The van der Waals surface area contributed by atoms with Crippen LogP contribution in [0.2, 0.25) is 0 Å². The van der Waals surface area contributed by atoms with Gasteiger partial charge in [0.1, 0.15) is 5.75 Å². The molecule has 0 saturated heterocycles. The third kappa shape index (κ3) is 4.15. The van der Waals surface area contributed by atoms with Crippen LogP contribution < -0.4 is 14.4 Å². The Morgan fingerprint density at radius 2 is 1.81 bits per heavy atom. The molecule has 2 aliphatic rings. The van der Waals surface area contributed by atoms with Crippen molar-refractivity contribution in [2.24, 2.45) is 17.8 Å². The molecule has 2 aromatic rings. The molecule has 0 unspecified atom stereocenters. The number of methoxy groups -OCH3 is 1. The van der Waals surface area contributed by atoms with Crippen molar-refractivity contribution in [2.75, 3.05) is 18.5 Å². The van der Waals surface area contributed by atoms with Crippen LogP contribution in [0.4, 0.5) is 5.69 Å². The zero-order valence-electron chi connectivity index (χ0n) is 18.2. The zero-order chi connectivity index (χ0) is 22.2. The highest BCUT2D eigenvalue weighted by Crippen LogP contribution is 2.49. The van der Waals surface area contributed by atoms with Crippen molar-refractivity contribution in [1.29, 1.82) is 0 Å². The topological polar surface area (TPSA) is 75.7 Å². The SMILES string of the molecule is COc1ccccc1N(C)S(=O)(=O)c1ccc(C(=O)N[C@@H](C)[C@H]2C[C@@H]3CC[C@H]2C3)cc1. The number of nitrogens with one attached hydrogen (secondary N) is 1. The molecule has 6 nitrogen and oxygen atoms in total. The molecule has 0 aromatic heterocycles. The summed E-state index contributed by atoms with van der Waals surface area (Å²) < 4.78 is 32.6. The van der Waals surface area contributed by atoms with E-state index in [9.17, 15) is 13.2 Å². The lowest BCUT2D eigenvalue weighted by molar-refractivity contribution is 0.0915. The van der Waals surface area contributed by atoms with Gasteiger partial charge in [0.25, 0.3) is 15.9 Å². The Morgan fingerprint density at radius 3 is 2.42 bits per heavy atom. The Balaban J connectivity index is 1.46. The normalized spacial score (nSPS) is 23.4. The second-order valence-corrected chi connectivity index (χ2v) is 10.7. The number of nitrogens with zero attached hydrogens (tertiary/aromatic N) is 1. The van der Waals surface area contributed by atoms with Crippen LogP contribution in [0.25, 0.3) is 0 Å². The number of benzene rings is 2. The number of anilines is 1. The van der Waals surface area contributed by atoms with Crippen molar-refractivity contribution in [3.63, 3.8) is 0 Å². The van der Waals surface area contributed by atoms with E-state index in [2.05, 4.69) is 12.2 Å². The van der Waals surface area contributed by atoms with E-state index < -0.39 is 10.0 Å². The highest BCUT2D eigenvalue weighted by molar-refractivity contribution is 7.92. The van der Waals surface area contributed by atoms with Gasteiger partial charge in [-0.1, -0.05) is 18.6 Å². The molecule has 0 aliphatic heterocycles. The van der Waals surface area contributed by atoms with Gasteiger partial charge < -0.3 is 10.1 Å². The summed E-state index contributed by atoms with van der Waals surface area (Å²) in [5.74, 6) is 2.44. The Kier molecular flexibility index (Phi) is 5.97. The third-order valence-electron chi connectivity index (χ3n) is 6.99. The maximum Gasteiger partial charge on any atom is 0.264 e. The fourth-order valence-electron chi connectivity index (χ4n) is 5.26. The average Bonchev–Trinajstić information content (AvgIpc) is 3.42. The third-order valence-corrected chi connectivity index (χ3v) is 8.78. The van der Waals surface area contributed by atoms with Gasteiger partial charge in [-0.15, -0.1) is 0 Å². The molecular formula is C24H30N2O4S. The first-order valence-corrected chi connectivity index (χ1v) is 12.3. The van der Waals surface area contributed by atoms with Gasteiger partial charge in [0, 0.05) is 18.7 Å². The molecule has 2 saturated carbocycles. The van der Waals surface area contributed by atoms with Gasteiger partial charge in [-0.25, -0.2) is 8.42 Å². The molecule has 4 atom stereocenters. The lowest BCUT2D eigenvalue weighted by Crippen LogP contribution is -2.40. The molecule has 2 bridgehead atoms. The lowest BCUT2D eigenvalue weighted by Gasteiger charge is -2.28. The largest absolute Gasteiger partial charge is 0.495 e. The number of para-hydroxylation sites is 2. The van der Waals surface area contributed by atoms with Crippen LogP contribution in [-0.2, 0) is 10.0 Å². The van der Waals surface area contributed by atoms with E-state index >= 15 is 0 Å². The van der Waals surface area contributed by atoms with E-state index in [1.165, 1.54) is 56.3 Å². The number of sulfonamides is 1. The summed E-state index contributed by atoms with van der Waals surface area (Å²) in [6.45, 7) is 2.09. The maximum absolute atomic E-state index is 13.1. The monoisotopic (exact) mass is 442 g/mol. The van der Waals surface area contributed by atoms with Crippen LogP contribution in [0.3, 0.4) is 0 Å². The molecule has 0 spiro atoms. The Labute approximate surface area is 184 Å². The van der Waals surface area contributed by atoms with Crippen molar-refractivity contribution in [2.45, 2.75) is 43.5 Å². The van der Waals surface area contributed by atoms with Gasteiger partial charge in [0.05, 0.1) is 17.7 Å². The Morgan fingerprint density at radius 1 is 1.10 bits per heavy atom. The van der Waals surface area contributed by atoms with Gasteiger partial charge in [-0.05, 0) is 80.3 Å². The molecule has 0 heterocycles. The minimum Gasteiger partial charge on any atom is -0.495 e. The zero-order valence-corrected chi connectivity index (χ0v) is 19.1. The van der Waals surface area contributed by atoms with Crippen molar-refractivity contribution < 1.29 is 17.9 Å². The smallest absolute Gasteiger partial charge is 0.264 e. The second kappa shape index (κ2) is 8.54.